The second kappa shape index (κ2) is 9.36. The molecule has 0 unspecified atom stereocenters. The third kappa shape index (κ3) is 4.85. The molecule has 8 nitrogen and oxygen atoms in total. The Labute approximate surface area is 178 Å². The summed E-state index contributed by atoms with van der Waals surface area (Å²) in [5, 5.41) is 8.50. The first-order chi connectivity index (χ1) is 14.6. The number of hydrogen-bond acceptors (Lipinski definition) is 8. The van der Waals surface area contributed by atoms with Crippen molar-refractivity contribution in [2.45, 2.75) is 45.6 Å². The van der Waals surface area contributed by atoms with Crippen molar-refractivity contribution in [1.82, 2.24) is 20.4 Å². The molecular weight excluding hydrogens is 404 g/mol. The van der Waals surface area contributed by atoms with Crippen LogP contribution in [-0.2, 0) is 17.6 Å². The van der Waals surface area contributed by atoms with Crippen LogP contribution >= 0.6 is 11.3 Å². The van der Waals surface area contributed by atoms with Gasteiger partial charge in [0.2, 0.25) is 5.06 Å². The van der Waals surface area contributed by atoms with Gasteiger partial charge in [-0.15, -0.1) is 0 Å². The summed E-state index contributed by atoms with van der Waals surface area (Å²) < 4.78 is 16.2. The van der Waals surface area contributed by atoms with E-state index in [1.165, 1.54) is 11.3 Å². The van der Waals surface area contributed by atoms with Gasteiger partial charge in [-0.3, -0.25) is 4.98 Å². The van der Waals surface area contributed by atoms with Gasteiger partial charge in [0.1, 0.15) is 11.5 Å². The van der Waals surface area contributed by atoms with Crippen LogP contribution in [0.1, 0.15) is 34.9 Å². The van der Waals surface area contributed by atoms with Crippen LogP contribution < -0.4 is 10.1 Å². The van der Waals surface area contributed by atoms with E-state index in [0.717, 1.165) is 40.6 Å². The van der Waals surface area contributed by atoms with E-state index in [9.17, 15) is 4.79 Å². The standard InChI is InChI=1S/C21H24N4O4S/c1-13-20(28-21(26)24-15-8-11-27-12-9-15)30-18(23-13)7-6-16-14(2)29-25-19(16)17-5-3-4-10-22-17/h3-5,10,15H,6-9,11-12H2,1-2H3,(H,24,26). The summed E-state index contributed by atoms with van der Waals surface area (Å²) in [5.41, 5.74) is 3.27. The van der Waals surface area contributed by atoms with Crippen molar-refractivity contribution in [1.29, 1.82) is 0 Å². The lowest BCUT2D eigenvalue weighted by molar-refractivity contribution is 0.0779. The summed E-state index contributed by atoms with van der Waals surface area (Å²) in [6, 6.07) is 5.81. The quantitative estimate of drug-likeness (QED) is 0.636. The average molecular weight is 429 g/mol. The minimum atomic E-state index is -0.437. The summed E-state index contributed by atoms with van der Waals surface area (Å²) in [7, 11) is 0. The van der Waals surface area contributed by atoms with Crippen LogP contribution in [0.4, 0.5) is 4.79 Å². The smallest absolute Gasteiger partial charge is 0.397 e. The monoisotopic (exact) mass is 428 g/mol. The van der Waals surface area contributed by atoms with Gasteiger partial charge in [-0.1, -0.05) is 22.6 Å². The van der Waals surface area contributed by atoms with E-state index >= 15 is 0 Å². The van der Waals surface area contributed by atoms with E-state index in [2.05, 4.69) is 20.4 Å². The molecule has 1 aliphatic rings. The maximum Gasteiger partial charge on any atom is 0.413 e. The summed E-state index contributed by atoms with van der Waals surface area (Å²) in [6.45, 7) is 5.08. The van der Waals surface area contributed by atoms with E-state index in [1.807, 2.05) is 32.0 Å². The second-order valence-corrected chi connectivity index (χ2v) is 8.23. The highest BCUT2D eigenvalue weighted by atomic mass is 32.1. The van der Waals surface area contributed by atoms with Crippen molar-refractivity contribution in [2.75, 3.05) is 13.2 Å². The van der Waals surface area contributed by atoms with E-state index in [1.54, 1.807) is 6.20 Å². The van der Waals surface area contributed by atoms with Crippen LogP contribution in [0, 0.1) is 13.8 Å². The van der Waals surface area contributed by atoms with Crippen LogP contribution in [-0.4, -0.2) is 40.5 Å². The largest absolute Gasteiger partial charge is 0.413 e. The number of hydrogen-bond donors (Lipinski definition) is 1. The van der Waals surface area contributed by atoms with Crippen LogP contribution in [0.25, 0.3) is 11.4 Å². The predicted molar refractivity (Wildman–Crippen MR) is 112 cm³/mol. The molecule has 0 atom stereocenters. The third-order valence-electron chi connectivity index (χ3n) is 5.01. The summed E-state index contributed by atoms with van der Waals surface area (Å²) in [6.07, 6.45) is 4.31. The van der Waals surface area contributed by atoms with Crippen LogP contribution in [0.15, 0.2) is 28.9 Å². The molecule has 4 rings (SSSR count). The van der Waals surface area contributed by atoms with Crippen molar-refractivity contribution in [3.05, 3.63) is 46.4 Å². The first-order valence-corrected chi connectivity index (χ1v) is 10.8. The minimum absolute atomic E-state index is 0.0977. The molecule has 1 fully saturated rings. The van der Waals surface area contributed by atoms with Gasteiger partial charge in [0.25, 0.3) is 0 Å². The second-order valence-electron chi connectivity index (χ2n) is 7.18. The maximum absolute atomic E-state index is 12.2. The predicted octanol–water partition coefficient (Wildman–Crippen LogP) is 3.86. The SMILES string of the molecule is Cc1nc(CCc2c(-c3ccccn3)noc2C)sc1OC(=O)NC1CCOCC1. The summed E-state index contributed by atoms with van der Waals surface area (Å²) in [4.78, 5) is 21.1. The molecule has 1 N–H and O–H groups in total. The molecular formula is C21H24N4O4S. The lowest BCUT2D eigenvalue weighted by Gasteiger charge is -2.22. The molecule has 0 spiro atoms. The summed E-state index contributed by atoms with van der Waals surface area (Å²) in [5.74, 6) is 0.774. The topological polar surface area (TPSA) is 99.4 Å². The summed E-state index contributed by atoms with van der Waals surface area (Å²) >= 11 is 1.39. The lowest BCUT2D eigenvalue weighted by Crippen LogP contribution is -2.40. The zero-order valence-electron chi connectivity index (χ0n) is 17.0. The molecule has 1 saturated heterocycles. The molecule has 158 valence electrons. The fraction of sp³-hybridized carbons (Fsp3) is 0.429. The molecule has 3 aromatic rings. The molecule has 1 amide bonds. The van der Waals surface area contributed by atoms with Crippen molar-refractivity contribution < 1.29 is 18.8 Å². The molecule has 0 bridgehead atoms. The fourth-order valence-corrected chi connectivity index (χ4v) is 4.29. The Bertz CT molecular complexity index is 996. The number of carbonyl (C=O) groups is 1. The van der Waals surface area contributed by atoms with E-state index in [-0.39, 0.29) is 6.04 Å². The van der Waals surface area contributed by atoms with Crippen molar-refractivity contribution >= 4 is 17.4 Å². The normalized spacial score (nSPS) is 14.6. The number of aryl methyl sites for hydroxylation is 3. The van der Waals surface area contributed by atoms with Gasteiger partial charge in [0.15, 0.2) is 0 Å². The van der Waals surface area contributed by atoms with Crippen LogP contribution in [0.5, 0.6) is 5.06 Å². The first-order valence-electron chi connectivity index (χ1n) is 9.99. The number of amides is 1. The average Bonchev–Trinajstić information content (AvgIpc) is 3.29. The molecule has 1 aliphatic heterocycles. The Hall–Kier alpha value is -2.78. The third-order valence-corrected chi connectivity index (χ3v) is 6.10. The molecule has 0 aliphatic carbocycles. The Kier molecular flexibility index (Phi) is 6.39. The molecule has 4 heterocycles. The van der Waals surface area contributed by atoms with Crippen molar-refractivity contribution in [3.8, 4) is 16.5 Å². The Morgan fingerprint density at radius 1 is 1.27 bits per heavy atom. The molecule has 0 aromatic carbocycles. The molecule has 30 heavy (non-hydrogen) atoms. The van der Waals surface area contributed by atoms with Gasteiger partial charge >= 0.3 is 6.09 Å². The van der Waals surface area contributed by atoms with Crippen molar-refractivity contribution in [3.63, 3.8) is 0 Å². The van der Waals surface area contributed by atoms with E-state index in [0.29, 0.717) is 36.8 Å². The van der Waals surface area contributed by atoms with Gasteiger partial charge < -0.3 is 19.3 Å². The first kappa shape index (κ1) is 20.5. The highest BCUT2D eigenvalue weighted by Crippen LogP contribution is 2.30. The van der Waals surface area contributed by atoms with Gasteiger partial charge in [-0.05, 0) is 45.2 Å². The number of thiazole rings is 1. The van der Waals surface area contributed by atoms with Crippen LogP contribution in [0.3, 0.4) is 0 Å². The number of pyridine rings is 1. The molecule has 9 heteroatoms. The zero-order chi connectivity index (χ0) is 20.9. The van der Waals surface area contributed by atoms with E-state index in [4.69, 9.17) is 14.0 Å². The van der Waals surface area contributed by atoms with Gasteiger partial charge in [-0.2, -0.15) is 0 Å². The number of nitrogens with one attached hydrogen (secondary N) is 1. The number of aromatic nitrogens is 3. The minimum Gasteiger partial charge on any atom is -0.397 e. The van der Waals surface area contributed by atoms with Crippen LogP contribution in [0.2, 0.25) is 0 Å². The Morgan fingerprint density at radius 2 is 2.10 bits per heavy atom. The van der Waals surface area contributed by atoms with Gasteiger partial charge in [-0.25, -0.2) is 9.78 Å². The Morgan fingerprint density at radius 3 is 2.87 bits per heavy atom. The van der Waals surface area contributed by atoms with Gasteiger partial charge in [0.05, 0.1) is 16.4 Å². The zero-order valence-corrected chi connectivity index (χ0v) is 17.8. The number of rotatable bonds is 6. The van der Waals surface area contributed by atoms with E-state index < -0.39 is 6.09 Å². The molecule has 0 radical (unpaired) electrons. The fourth-order valence-electron chi connectivity index (χ4n) is 3.38. The number of carbonyl (C=O) groups excluding carboxylic acids is 1. The number of ether oxygens (including phenoxy) is 2. The molecule has 3 aromatic heterocycles. The Balaban J connectivity index is 1.39. The van der Waals surface area contributed by atoms with Gasteiger partial charge in [0, 0.05) is 37.4 Å². The maximum atomic E-state index is 12.2. The highest BCUT2D eigenvalue weighted by molar-refractivity contribution is 7.13. The molecule has 0 saturated carbocycles. The number of nitrogens with zero attached hydrogens (tertiary/aromatic N) is 3. The van der Waals surface area contributed by atoms with Crippen molar-refractivity contribution in [2.24, 2.45) is 0 Å². The highest BCUT2D eigenvalue weighted by Gasteiger charge is 2.20. The lowest BCUT2D eigenvalue weighted by atomic mass is 10.1.